The van der Waals surface area contributed by atoms with Gasteiger partial charge in [-0.1, -0.05) is 45.4 Å². The lowest BCUT2D eigenvalue weighted by Gasteiger charge is -2.17. The van der Waals surface area contributed by atoms with Crippen LogP contribution in [0.2, 0.25) is 0 Å². The number of hydrogen-bond acceptors (Lipinski definition) is 3. The molecule has 0 unspecified atom stereocenters. The Morgan fingerprint density at radius 1 is 0.903 bits per heavy atom. The van der Waals surface area contributed by atoms with Gasteiger partial charge >= 0.3 is 18.3 Å². The van der Waals surface area contributed by atoms with Gasteiger partial charge < -0.3 is 10.1 Å². The first-order chi connectivity index (χ1) is 14.4. The number of carbonyl (C=O) groups is 2. The first kappa shape index (κ1) is 26.8. The Bertz CT molecular complexity index is 699. The second kappa shape index (κ2) is 12.0. The topological polar surface area (TPSA) is 55.4 Å². The van der Waals surface area contributed by atoms with E-state index in [0.29, 0.717) is 18.6 Å². The number of ether oxygens (including phenoxy) is 1. The molecule has 1 rings (SSSR count). The lowest BCUT2D eigenvalue weighted by Crippen LogP contribution is -2.42. The summed E-state index contributed by atoms with van der Waals surface area (Å²) in [4.78, 5) is 24.2. The summed E-state index contributed by atoms with van der Waals surface area (Å²) >= 11 is 0. The highest BCUT2D eigenvalue weighted by atomic mass is 19.4. The third kappa shape index (κ3) is 9.61. The molecular weight excluding hydrogens is 428 g/mol. The number of carbonyl (C=O) groups excluding carboxylic acids is 2. The smallest absolute Gasteiger partial charge is 0.416 e. The van der Waals surface area contributed by atoms with Crippen LogP contribution in [0.15, 0.2) is 18.2 Å². The number of rotatable bonds is 11. The van der Waals surface area contributed by atoms with E-state index in [4.69, 9.17) is 0 Å². The molecule has 1 N–H and O–H groups in total. The molecule has 0 radical (unpaired) electrons. The Morgan fingerprint density at radius 3 is 1.90 bits per heavy atom. The molecule has 176 valence electrons. The van der Waals surface area contributed by atoms with Crippen LogP contribution < -0.4 is 5.32 Å². The van der Waals surface area contributed by atoms with Gasteiger partial charge in [0.2, 0.25) is 5.91 Å². The number of methoxy groups -OCH3 is 1. The van der Waals surface area contributed by atoms with Gasteiger partial charge in [-0.3, -0.25) is 4.79 Å². The van der Waals surface area contributed by atoms with Crippen molar-refractivity contribution in [2.24, 2.45) is 0 Å². The minimum absolute atomic E-state index is 0.00278. The zero-order chi connectivity index (χ0) is 23.7. The van der Waals surface area contributed by atoms with E-state index in [0.717, 1.165) is 39.2 Å². The van der Waals surface area contributed by atoms with E-state index in [1.165, 1.54) is 0 Å². The van der Waals surface area contributed by atoms with Crippen LogP contribution in [0.5, 0.6) is 0 Å². The highest BCUT2D eigenvalue weighted by Gasteiger charge is 2.37. The third-order valence-electron chi connectivity index (χ3n) is 4.68. The van der Waals surface area contributed by atoms with Gasteiger partial charge in [-0.25, -0.2) is 4.79 Å². The lowest BCUT2D eigenvalue weighted by atomic mass is 10.0. The molecule has 1 amide bonds. The van der Waals surface area contributed by atoms with E-state index in [1.807, 2.05) is 0 Å². The van der Waals surface area contributed by atoms with E-state index < -0.39 is 53.4 Å². The van der Waals surface area contributed by atoms with Gasteiger partial charge in [0.1, 0.15) is 6.04 Å². The first-order valence-corrected chi connectivity index (χ1v) is 10.0. The van der Waals surface area contributed by atoms with Crippen LogP contribution in [0.4, 0.5) is 26.3 Å². The summed E-state index contributed by atoms with van der Waals surface area (Å²) in [5, 5.41) is 2.36. The summed E-state index contributed by atoms with van der Waals surface area (Å²) in [5.41, 5.74) is -3.45. The van der Waals surface area contributed by atoms with E-state index >= 15 is 0 Å². The zero-order valence-corrected chi connectivity index (χ0v) is 17.5. The predicted molar refractivity (Wildman–Crippen MR) is 102 cm³/mol. The normalized spacial score (nSPS) is 13.0. The van der Waals surface area contributed by atoms with Crippen molar-refractivity contribution in [1.29, 1.82) is 0 Å². The fourth-order valence-corrected chi connectivity index (χ4v) is 3.07. The zero-order valence-electron chi connectivity index (χ0n) is 17.5. The Kier molecular flexibility index (Phi) is 10.3. The van der Waals surface area contributed by atoms with Crippen molar-refractivity contribution in [3.8, 4) is 0 Å². The van der Waals surface area contributed by atoms with Crippen LogP contribution >= 0.6 is 0 Å². The number of benzene rings is 1. The summed E-state index contributed by atoms with van der Waals surface area (Å²) in [6.45, 7) is 2.07. The number of esters is 1. The summed E-state index contributed by atoms with van der Waals surface area (Å²) in [5.74, 6) is -1.59. The largest absolute Gasteiger partial charge is 0.467 e. The summed E-state index contributed by atoms with van der Waals surface area (Å²) in [6, 6.07) is -0.0284. The summed E-state index contributed by atoms with van der Waals surface area (Å²) in [7, 11) is 1.13. The molecule has 0 fully saturated rings. The Labute approximate surface area is 177 Å². The van der Waals surface area contributed by atoms with E-state index in [2.05, 4.69) is 17.0 Å². The van der Waals surface area contributed by atoms with Crippen LogP contribution in [0.3, 0.4) is 0 Å². The highest BCUT2D eigenvalue weighted by molar-refractivity contribution is 5.85. The molecular formula is C21H27F6NO3. The molecule has 0 saturated carbocycles. The summed E-state index contributed by atoms with van der Waals surface area (Å²) in [6.07, 6.45) is -4.86. The maximum atomic E-state index is 13.0. The molecule has 0 heterocycles. The maximum Gasteiger partial charge on any atom is 0.416 e. The maximum absolute atomic E-state index is 13.0. The second-order valence-electron chi connectivity index (χ2n) is 7.29. The van der Waals surface area contributed by atoms with Crippen molar-refractivity contribution in [1.82, 2.24) is 5.32 Å². The van der Waals surface area contributed by atoms with Crippen molar-refractivity contribution in [3.63, 3.8) is 0 Å². The minimum Gasteiger partial charge on any atom is -0.467 e. The number of halogens is 6. The van der Waals surface area contributed by atoms with Gasteiger partial charge in [-0.15, -0.1) is 0 Å². The number of hydrogen-bond donors (Lipinski definition) is 1. The number of unbranched alkanes of at least 4 members (excludes halogenated alkanes) is 5. The summed E-state index contributed by atoms with van der Waals surface area (Å²) < 4.78 is 82.4. The molecule has 10 heteroatoms. The van der Waals surface area contributed by atoms with Gasteiger partial charge in [-0.05, 0) is 30.2 Å². The molecule has 1 atom stereocenters. The number of alkyl halides is 6. The SMILES string of the molecule is CCCCCCCC[C@H](NC(=O)Cc1cc(C(F)(F)F)cc(C(F)(F)F)c1)C(=O)OC. The van der Waals surface area contributed by atoms with E-state index in [1.54, 1.807) is 0 Å². The van der Waals surface area contributed by atoms with Crippen molar-refractivity contribution in [3.05, 3.63) is 34.9 Å². The fourth-order valence-electron chi connectivity index (χ4n) is 3.07. The highest BCUT2D eigenvalue weighted by Crippen LogP contribution is 2.36. The molecule has 0 aliphatic carbocycles. The van der Waals surface area contributed by atoms with Gasteiger partial charge in [0.25, 0.3) is 0 Å². The van der Waals surface area contributed by atoms with Crippen LogP contribution in [-0.4, -0.2) is 25.0 Å². The molecule has 1 aromatic rings. The molecule has 1 aromatic carbocycles. The molecule has 0 aliphatic rings. The van der Waals surface area contributed by atoms with Crippen LogP contribution in [0.1, 0.15) is 68.6 Å². The molecule has 0 aliphatic heterocycles. The first-order valence-electron chi connectivity index (χ1n) is 10.0. The predicted octanol–water partition coefficient (Wildman–Crippen LogP) is 5.68. The van der Waals surface area contributed by atoms with Crippen molar-refractivity contribution >= 4 is 11.9 Å². The molecule has 0 spiro atoms. The van der Waals surface area contributed by atoms with Crippen molar-refractivity contribution in [2.75, 3.05) is 7.11 Å². The van der Waals surface area contributed by atoms with Crippen molar-refractivity contribution < 1.29 is 40.7 Å². The van der Waals surface area contributed by atoms with Crippen LogP contribution in [0, 0.1) is 0 Å². The Balaban J connectivity index is 2.85. The molecule has 0 saturated heterocycles. The van der Waals surface area contributed by atoms with Gasteiger partial charge in [0, 0.05) is 0 Å². The Hall–Kier alpha value is -2.26. The number of nitrogens with one attached hydrogen (secondary N) is 1. The average molecular weight is 455 g/mol. The van der Waals surface area contributed by atoms with Gasteiger partial charge in [0.05, 0.1) is 24.7 Å². The molecule has 0 bridgehead atoms. The molecule has 31 heavy (non-hydrogen) atoms. The number of amides is 1. The monoisotopic (exact) mass is 455 g/mol. The Morgan fingerprint density at radius 2 is 1.42 bits per heavy atom. The van der Waals surface area contributed by atoms with Crippen molar-refractivity contribution in [2.45, 2.75) is 76.7 Å². The van der Waals surface area contributed by atoms with Gasteiger partial charge in [0.15, 0.2) is 0 Å². The molecule has 4 nitrogen and oxygen atoms in total. The quantitative estimate of drug-likeness (QED) is 0.266. The average Bonchev–Trinajstić information content (AvgIpc) is 2.67. The molecule has 0 aromatic heterocycles. The van der Waals surface area contributed by atoms with E-state index in [9.17, 15) is 35.9 Å². The standard InChI is InChI=1S/C21H27F6NO3/c1-3-4-5-6-7-8-9-17(19(30)31-2)28-18(29)12-14-10-15(20(22,23)24)13-16(11-14)21(25,26)27/h10-11,13,17H,3-9,12H2,1-2H3,(H,28,29)/t17-/m0/s1. The van der Waals surface area contributed by atoms with Crippen LogP contribution in [-0.2, 0) is 33.1 Å². The van der Waals surface area contributed by atoms with E-state index in [-0.39, 0.29) is 12.5 Å². The van der Waals surface area contributed by atoms with Crippen LogP contribution in [0.25, 0.3) is 0 Å². The van der Waals surface area contributed by atoms with Gasteiger partial charge in [-0.2, -0.15) is 26.3 Å². The second-order valence-corrected chi connectivity index (χ2v) is 7.29. The fraction of sp³-hybridized carbons (Fsp3) is 0.619. The minimum atomic E-state index is -5.00. The third-order valence-corrected chi connectivity index (χ3v) is 4.68. The lowest BCUT2D eigenvalue weighted by molar-refractivity contribution is -0.145.